The molecule has 0 spiro atoms. The van der Waals surface area contributed by atoms with E-state index < -0.39 is 0 Å². The number of rotatable bonds is 6. The summed E-state index contributed by atoms with van der Waals surface area (Å²) < 4.78 is 0. The first kappa shape index (κ1) is 19.5. The number of halogens is 1. The zero-order valence-corrected chi connectivity index (χ0v) is 14.5. The van der Waals surface area contributed by atoms with Crippen LogP contribution in [0.3, 0.4) is 0 Å². The quantitative estimate of drug-likeness (QED) is 0.745. The summed E-state index contributed by atoms with van der Waals surface area (Å²) in [6, 6.07) is 7.14. The van der Waals surface area contributed by atoms with Gasteiger partial charge >= 0.3 is 0 Å². The number of benzene rings is 1. The molecule has 0 saturated carbocycles. The van der Waals surface area contributed by atoms with Crippen LogP contribution in [0.15, 0.2) is 24.3 Å². The van der Waals surface area contributed by atoms with Crippen LogP contribution < -0.4 is 16.0 Å². The maximum Gasteiger partial charge on any atom is 0.253 e. The molecular weight excluding hydrogens is 314 g/mol. The highest BCUT2D eigenvalue weighted by Crippen LogP contribution is 2.18. The maximum absolute atomic E-state index is 12.2. The number of hydrogen-bond acceptors (Lipinski definition) is 3. The lowest BCUT2D eigenvalue weighted by Gasteiger charge is -2.13. The number of carbonyl (C=O) groups excluding carboxylic acids is 2. The molecule has 1 unspecified atom stereocenters. The third kappa shape index (κ3) is 6.20. The molecule has 0 radical (unpaired) electrons. The maximum atomic E-state index is 12.2. The Balaban J connectivity index is 0.00000264. The lowest BCUT2D eigenvalue weighted by atomic mass is 10.0. The first-order valence-electron chi connectivity index (χ1n) is 7.94. The molecule has 128 valence electrons. The summed E-state index contributed by atoms with van der Waals surface area (Å²) in [4.78, 5) is 24.4. The lowest BCUT2D eigenvalue weighted by molar-refractivity contribution is -0.116. The highest BCUT2D eigenvalue weighted by atomic mass is 35.5. The van der Waals surface area contributed by atoms with Gasteiger partial charge in [0.25, 0.3) is 5.91 Å². The number of anilines is 1. The number of carbonyl (C=O) groups is 2. The van der Waals surface area contributed by atoms with E-state index in [1.54, 1.807) is 18.2 Å². The van der Waals surface area contributed by atoms with Gasteiger partial charge in [-0.2, -0.15) is 0 Å². The summed E-state index contributed by atoms with van der Waals surface area (Å²) in [7, 11) is 0. The van der Waals surface area contributed by atoms with E-state index in [4.69, 9.17) is 0 Å². The van der Waals surface area contributed by atoms with Crippen molar-refractivity contribution in [2.24, 2.45) is 11.8 Å². The van der Waals surface area contributed by atoms with Gasteiger partial charge in [-0.25, -0.2) is 0 Å². The molecule has 1 aliphatic rings. The zero-order chi connectivity index (χ0) is 15.9. The lowest BCUT2D eigenvalue weighted by Crippen LogP contribution is -2.28. The summed E-state index contributed by atoms with van der Waals surface area (Å²) in [5, 5.41) is 9.02. The number of hydrogen-bond donors (Lipinski definition) is 3. The number of amides is 2. The first-order chi connectivity index (χ1) is 10.6. The molecular formula is C17H26ClN3O2. The van der Waals surface area contributed by atoms with Gasteiger partial charge in [-0.05, 0) is 43.5 Å². The minimum absolute atomic E-state index is 0. The Hall–Kier alpha value is -1.59. The smallest absolute Gasteiger partial charge is 0.253 e. The Morgan fingerprint density at radius 1 is 1.30 bits per heavy atom. The molecule has 3 N–H and O–H groups in total. The topological polar surface area (TPSA) is 70.2 Å². The summed E-state index contributed by atoms with van der Waals surface area (Å²) in [6.07, 6.45) is 1.53. The predicted octanol–water partition coefficient (Wildman–Crippen LogP) is 2.43. The molecule has 2 rings (SSSR count). The van der Waals surface area contributed by atoms with Crippen molar-refractivity contribution in [2.75, 3.05) is 25.0 Å². The van der Waals surface area contributed by atoms with Crippen LogP contribution >= 0.6 is 12.4 Å². The highest BCUT2D eigenvalue weighted by Gasteiger charge is 2.19. The van der Waals surface area contributed by atoms with Crippen molar-refractivity contribution >= 4 is 29.9 Å². The van der Waals surface area contributed by atoms with E-state index in [-0.39, 0.29) is 24.2 Å². The van der Waals surface area contributed by atoms with Crippen LogP contribution in [0.4, 0.5) is 5.69 Å². The fraction of sp³-hybridized carbons (Fsp3) is 0.529. The van der Waals surface area contributed by atoms with Crippen LogP contribution in [0.5, 0.6) is 0 Å². The van der Waals surface area contributed by atoms with Crippen molar-refractivity contribution in [2.45, 2.75) is 26.7 Å². The zero-order valence-electron chi connectivity index (χ0n) is 13.7. The van der Waals surface area contributed by atoms with E-state index in [1.807, 2.05) is 19.9 Å². The van der Waals surface area contributed by atoms with Crippen LogP contribution in [0.1, 0.15) is 37.0 Å². The Bertz CT molecular complexity index is 528. The van der Waals surface area contributed by atoms with Gasteiger partial charge in [0.1, 0.15) is 0 Å². The Morgan fingerprint density at radius 2 is 2.04 bits per heavy atom. The molecule has 1 aliphatic heterocycles. The van der Waals surface area contributed by atoms with Crippen LogP contribution in [-0.2, 0) is 4.79 Å². The largest absolute Gasteiger partial charge is 0.352 e. The van der Waals surface area contributed by atoms with E-state index >= 15 is 0 Å². The van der Waals surface area contributed by atoms with Gasteiger partial charge in [0.15, 0.2) is 0 Å². The van der Waals surface area contributed by atoms with Crippen LogP contribution in [0, 0.1) is 11.8 Å². The van der Waals surface area contributed by atoms with Crippen molar-refractivity contribution in [3.63, 3.8) is 0 Å². The molecule has 1 aromatic rings. The van der Waals surface area contributed by atoms with Crippen LogP contribution in [-0.4, -0.2) is 31.4 Å². The molecule has 0 aliphatic carbocycles. The second-order valence-corrected chi connectivity index (χ2v) is 6.26. The average Bonchev–Trinajstić information content (AvgIpc) is 2.98. The van der Waals surface area contributed by atoms with Crippen LogP contribution in [0.2, 0.25) is 0 Å². The average molecular weight is 340 g/mol. The van der Waals surface area contributed by atoms with E-state index in [0.717, 1.165) is 19.5 Å². The van der Waals surface area contributed by atoms with Gasteiger partial charge in [-0.15, -0.1) is 12.4 Å². The molecule has 0 bridgehead atoms. The highest BCUT2D eigenvalue weighted by molar-refractivity contribution is 6.03. The van der Waals surface area contributed by atoms with Crippen molar-refractivity contribution in [1.29, 1.82) is 0 Å². The third-order valence-corrected chi connectivity index (χ3v) is 3.75. The normalized spacial score (nSPS) is 16.7. The standard InChI is InChI=1S/C17H25N3O2.ClH/c1-12(2)10-19-17(22)14-5-3-4-6-15(14)20-16(21)9-13-7-8-18-11-13;/h3-6,12-13,18H,7-11H2,1-2H3,(H,19,22)(H,20,21);1H. The van der Waals surface area contributed by atoms with Crippen LogP contribution in [0.25, 0.3) is 0 Å². The minimum Gasteiger partial charge on any atom is -0.352 e. The van der Waals surface area contributed by atoms with Crippen molar-refractivity contribution in [1.82, 2.24) is 10.6 Å². The summed E-state index contributed by atoms with van der Waals surface area (Å²) >= 11 is 0. The summed E-state index contributed by atoms with van der Waals surface area (Å²) in [5.74, 6) is 0.604. The fourth-order valence-corrected chi connectivity index (χ4v) is 2.53. The van der Waals surface area contributed by atoms with Gasteiger partial charge in [0.2, 0.25) is 5.91 Å². The molecule has 23 heavy (non-hydrogen) atoms. The third-order valence-electron chi connectivity index (χ3n) is 3.75. The second-order valence-electron chi connectivity index (χ2n) is 6.26. The van der Waals surface area contributed by atoms with Gasteiger partial charge < -0.3 is 16.0 Å². The van der Waals surface area contributed by atoms with Crippen molar-refractivity contribution < 1.29 is 9.59 Å². The van der Waals surface area contributed by atoms with Gasteiger partial charge in [0, 0.05) is 13.0 Å². The SMILES string of the molecule is CC(C)CNC(=O)c1ccccc1NC(=O)CC1CCNC1.Cl. The molecule has 1 saturated heterocycles. The van der Waals surface area contributed by atoms with Gasteiger partial charge in [-0.3, -0.25) is 9.59 Å². The van der Waals surface area contributed by atoms with E-state index in [1.165, 1.54) is 0 Å². The van der Waals surface area contributed by atoms with Crippen molar-refractivity contribution in [3.8, 4) is 0 Å². The van der Waals surface area contributed by atoms with Crippen molar-refractivity contribution in [3.05, 3.63) is 29.8 Å². The van der Waals surface area contributed by atoms with E-state index in [2.05, 4.69) is 16.0 Å². The molecule has 1 aromatic carbocycles. The fourth-order valence-electron chi connectivity index (χ4n) is 2.53. The first-order valence-corrected chi connectivity index (χ1v) is 7.94. The Morgan fingerprint density at radius 3 is 2.70 bits per heavy atom. The van der Waals surface area contributed by atoms with Gasteiger partial charge in [-0.1, -0.05) is 26.0 Å². The Labute approximate surface area is 144 Å². The summed E-state index contributed by atoms with van der Waals surface area (Å²) in [5.41, 5.74) is 1.10. The Kier molecular flexibility index (Phi) is 8.06. The van der Waals surface area contributed by atoms with E-state index in [0.29, 0.717) is 36.1 Å². The molecule has 1 fully saturated rings. The molecule has 2 amide bonds. The second kappa shape index (κ2) is 9.53. The number of para-hydroxylation sites is 1. The molecule has 1 atom stereocenters. The molecule has 1 heterocycles. The molecule has 5 nitrogen and oxygen atoms in total. The molecule has 6 heteroatoms. The van der Waals surface area contributed by atoms with E-state index in [9.17, 15) is 9.59 Å². The monoisotopic (exact) mass is 339 g/mol. The predicted molar refractivity (Wildman–Crippen MR) is 95.1 cm³/mol. The molecule has 0 aromatic heterocycles. The summed E-state index contributed by atoms with van der Waals surface area (Å²) in [6.45, 7) is 6.58. The minimum atomic E-state index is -0.146. The number of nitrogens with one attached hydrogen (secondary N) is 3. The van der Waals surface area contributed by atoms with Gasteiger partial charge in [0.05, 0.1) is 11.3 Å².